The lowest BCUT2D eigenvalue weighted by molar-refractivity contribution is -0.145. The molecule has 1 aliphatic carbocycles. The van der Waals surface area contributed by atoms with E-state index in [0.717, 1.165) is 5.57 Å². The predicted molar refractivity (Wildman–Crippen MR) is 95.9 cm³/mol. The third-order valence-electron chi connectivity index (χ3n) is 4.14. The number of carbonyl (C=O) groups is 3. The van der Waals surface area contributed by atoms with Crippen LogP contribution in [-0.2, 0) is 19.1 Å². The molecule has 1 N–H and O–H groups in total. The molecule has 2 atom stereocenters. The van der Waals surface area contributed by atoms with Crippen molar-refractivity contribution in [1.82, 2.24) is 0 Å². The molecule has 5 nitrogen and oxygen atoms in total. The molecule has 0 radical (unpaired) electrons. The molecule has 5 heteroatoms. The van der Waals surface area contributed by atoms with E-state index >= 15 is 0 Å². The number of aliphatic hydroxyl groups is 1. The smallest absolute Gasteiger partial charge is 0.331 e. The molecule has 25 heavy (non-hydrogen) atoms. The van der Waals surface area contributed by atoms with E-state index in [9.17, 15) is 19.5 Å². The summed E-state index contributed by atoms with van der Waals surface area (Å²) < 4.78 is 5.48. The molecule has 0 aliphatic heterocycles. The minimum Gasteiger partial charge on any atom is -0.454 e. The minimum atomic E-state index is -1.13. The average Bonchev–Trinajstić information content (AvgIpc) is 2.48. The van der Waals surface area contributed by atoms with Crippen molar-refractivity contribution in [3.05, 3.63) is 36.0 Å². The maximum Gasteiger partial charge on any atom is 0.331 e. The molecule has 1 aliphatic rings. The molecule has 138 valence electrons. The van der Waals surface area contributed by atoms with Crippen molar-refractivity contribution >= 4 is 17.5 Å². The van der Waals surface area contributed by atoms with Crippen molar-refractivity contribution in [2.45, 2.75) is 65.1 Å². The number of Topliss-reactive ketones (excluding diaryl/α,β-unsaturated/α-hetero) is 2. The summed E-state index contributed by atoms with van der Waals surface area (Å²) >= 11 is 0. The van der Waals surface area contributed by atoms with E-state index in [1.807, 2.05) is 6.92 Å². The lowest BCUT2D eigenvalue weighted by atomic mass is 9.87. The second kappa shape index (κ2) is 8.90. The highest BCUT2D eigenvalue weighted by atomic mass is 16.5. The Kier molecular flexibility index (Phi) is 7.49. The highest BCUT2D eigenvalue weighted by Crippen LogP contribution is 2.25. The van der Waals surface area contributed by atoms with Crippen LogP contribution in [0.4, 0.5) is 0 Å². The molecule has 1 rings (SSSR count). The van der Waals surface area contributed by atoms with Crippen LogP contribution in [0.25, 0.3) is 0 Å². The molecule has 0 aromatic heterocycles. The Bertz CT molecular complexity index is 604. The molecule has 0 spiro atoms. The third-order valence-corrected chi connectivity index (χ3v) is 4.14. The third kappa shape index (κ3) is 7.61. The van der Waals surface area contributed by atoms with Gasteiger partial charge in [0, 0.05) is 12.5 Å². The van der Waals surface area contributed by atoms with E-state index in [-0.39, 0.29) is 11.6 Å². The van der Waals surface area contributed by atoms with E-state index in [2.05, 4.69) is 6.58 Å². The van der Waals surface area contributed by atoms with Gasteiger partial charge < -0.3 is 9.84 Å². The van der Waals surface area contributed by atoms with Gasteiger partial charge in [0.2, 0.25) is 0 Å². The molecule has 0 fully saturated rings. The zero-order valence-electron chi connectivity index (χ0n) is 15.5. The van der Waals surface area contributed by atoms with Crippen LogP contribution in [0.3, 0.4) is 0 Å². The van der Waals surface area contributed by atoms with Gasteiger partial charge in [0.15, 0.2) is 5.78 Å². The Morgan fingerprint density at radius 1 is 1.32 bits per heavy atom. The summed E-state index contributed by atoms with van der Waals surface area (Å²) in [5, 5.41) is 9.66. The molecule has 0 bridgehead atoms. The van der Waals surface area contributed by atoms with E-state index in [1.54, 1.807) is 19.9 Å². The zero-order chi connectivity index (χ0) is 19.2. The molecule has 0 heterocycles. The zero-order valence-corrected chi connectivity index (χ0v) is 15.5. The van der Waals surface area contributed by atoms with Crippen LogP contribution in [-0.4, -0.2) is 34.3 Å². The van der Waals surface area contributed by atoms with E-state index in [0.29, 0.717) is 31.3 Å². The molecular formula is C20H28O5. The van der Waals surface area contributed by atoms with Gasteiger partial charge in [0.25, 0.3) is 0 Å². The fraction of sp³-hybridized carbons (Fsp3) is 0.550. The summed E-state index contributed by atoms with van der Waals surface area (Å²) in [7, 11) is 0. The fourth-order valence-electron chi connectivity index (χ4n) is 2.60. The Balaban J connectivity index is 3.05. The second-order valence-electron chi connectivity index (χ2n) is 7.18. The van der Waals surface area contributed by atoms with Gasteiger partial charge in [-0.3, -0.25) is 9.59 Å². The number of esters is 1. The number of ketones is 2. The fourth-order valence-corrected chi connectivity index (χ4v) is 2.60. The number of allylic oxidation sites excluding steroid dienone is 2. The van der Waals surface area contributed by atoms with Crippen LogP contribution in [0.5, 0.6) is 0 Å². The van der Waals surface area contributed by atoms with E-state index in [4.69, 9.17) is 4.74 Å². The van der Waals surface area contributed by atoms with Crippen LogP contribution >= 0.6 is 0 Å². The summed E-state index contributed by atoms with van der Waals surface area (Å²) in [5.41, 5.74) is 0.269. The van der Waals surface area contributed by atoms with Crippen molar-refractivity contribution in [3.63, 3.8) is 0 Å². The topological polar surface area (TPSA) is 80.7 Å². The molecule has 0 saturated heterocycles. The highest BCUT2D eigenvalue weighted by molar-refractivity contribution is 5.95. The SMILES string of the molecule is C=C1CC[C@@H](C(C)=O)[C@@H](OC(=O)/C=C/C(C)(C)O)/C=C(\C)CCC1=O. The standard InChI is InChI=1S/C20H28O5/c1-13-6-9-17(22)14(2)7-8-16(15(3)21)18(12-13)25-19(23)10-11-20(4,5)24/h10-12,16,18,24H,2,6-9H2,1,3-5H3/b11-10+,13-12+/t16-,18-/m0/s1. The maximum absolute atomic E-state index is 12.1. The van der Waals surface area contributed by atoms with Gasteiger partial charge in [-0.15, -0.1) is 0 Å². The van der Waals surface area contributed by atoms with Crippen LogP contribution in [0.1, 0.15) is 53.4 Å². The highest BCUT2D eigenvalue weighted by Gasteiger charge is 2.28. The van der Waals surface area contributed by atoms with Crippen molar-refractivity contribution in [3.8, 4) is 0 Å². The summed E-state index contributed by atoms with van der Waals surface area (Å²) in [6.07, 6.45) is 5.28. The van der Waals surface area contributed by atoms with Gasteiger partial charge in [0.05, 0.1) is 11.5 Å². The number of hydrogen-bond acceptors (Lipinski definition) is 5. The summed E-state index contributed by atoms with van der Waals surface area (Å²) in [4.78, 5) is 36.1. The lowest BCUT2D eigenvalue weighted by Gasteiger charge is -2.24. The van der Waals surface area contributed by atoms with Gasteiger partial charge in [-0.05, 0) is 64.7 Å². The van der Waals surface area contributed by atoms with Crippen molar-refractivity contribution < 1.29 is 24.2 Å². The molecule has 0 unspecified atom stereocenters. The van der Waals surface area contributed by atoms with Crippen LogP contribution in [0.15, 0.2) is 36.0 Å². The average molecular weight is 348 g/mol. The Morgan fingerprint density at radius 3 is 2.52 bits per heavy atom. The maximum atomic E-state index is 12.1. The number of carbonyl (C=O) groups excluding carboxylic acids is 3. The molecular weight excluding hydrogens is 320 g/mol. The Labute approximate surface area is 149 Å². The number of rotatable bonds is 4. The Hall–Kier alpha value is -2.01. The number of ether oxygens (including phenoxy) is 1. The largest absolute Gasteiger partial charge is 0.454 e. The van der Waals surface area contributed by atoms with Gasteiger partial charge in [0.1, 0.15) is 11.9 Å². The first-order valence-corrected chi connectivity index (χ1v) is 8.50. The first-order valence-electron chi connectivity index (χ1n) is 8.50. The molecule has 0 amide bonds. The Morgan fingerprint density at radius 2 is 1.96 bits per heavy atom. The van der Waals surface area contributed by atoms with Gasteiger partial charge >= 0.3 is 5.97 Å². The predicted octanol–water partition coefficient (Wildman–Crippen LogP) is 3.08. The summed E-state index contributed by atoms with van der Waals surface area (Å²) in [6, 6.07) is 0. The van der Waals surface area contributed by atoms with Crippen LogP contribution in [0, 0.1) is 5.92 Å². The quantitative estimate of drug-likeness (QED) is 0.480. The first-order chi connectivity index (χ1) is 11.5. The number of hydrogen-bond donors (Lipinski definition) is 1. The second-order valence-corrected chi connectivity index (χ2v) is 7.18. The van der Waals surface area contributed by atoms with Gasteiger partial charge in [-0.25, -0.2) is 4.79 Å². The normalized spacial score (nSPS) is 25.4. The minimum absolute atomic E-state index is 0.0126. The van der Waals surface area contributed by atoms with Crippen LogP contribution in [0.2, 0.25) is 0 Å². The van der Waals surface area contributed by atoms with Crippen molar-refractivity contribution in [2.24, 2.45) is 5.92 Å². The van der Waals surface area contributed by atoms with Crippen molar-refractivity contribution in [1.29, 1.82) is 0 Å². The van der Waals surface area contributed by atoms with E-state index in [1.165, 1.54) is 19.1 Å². The summed E-state index contributed by atoms with van der Waals surface area (Å²) in [6.45, 7) is 10.2. The first kappa shape index (κ1) is 21.0. The lowest BCUT2D eigenvalue weighted by Crippen LogP contribution is -2.31. The van der Waals surface area contributed by atoms with E-state index < -0.39 is 23.6 Å². The summed E-state index contributed by atoms with van der Waals surface area (Å²) in [5.74, 6) is -1.24. The van der Waals surface area contributed by atoms with Crippen LogP contribution < -0.4 is 0 Å². The molecule has 0 saturated carbocycles. The monoisotopic (exact) mass is 348 g/mol. The van der Waals surface area contributed by atoms with Crippen molar-refractivity contribution in [2.75, 3.05) is 0 Å². The molecule has 0 aromatic carbocycles. The van der Waals surface area contributed by atoms with Gasteiger partial charge in [-0.1, -0.05) is 12.2 Å². The molecule has 0 aromatic rings. The van der Waals surface area contributed by atoms with Gasteiger partial charge in [-0.2, -0.15) is 0 Å².